The molecule has 2 saturated heterocycles. The minimum atomic E-state index is -0.663. The highest BCUT2D eigenvalue weighted by molar-refractivity contribution is 5.88. The van der Waals surface area contributed by atoms with Crippen molar-refractivity contribution in [1.82, 2.24) is 20.1 Å². The number of hydrogen-bond acceptors (Lipinski definition) is 6. The fourth-order valence-corrected chi connectivity index (χ4v) is 4.69. The molecule has 33 heavy (non-hydrogen) atoms. The first-order valence-electron chi connectivity index (χ1n) is 11.2. The second kappa shape index (κ2) is 9.25. The van der Waals surface area contributed by atoms with Crippen LogP contribution in [-0.4, -0.2) is 53.1 Å². The van der Waals surface area contributed by atoms with Crippen LogP contribution in [0.3, 0.4) is 0 Å². The third-order valence-corrected chi connectivity index (χ3v) is 6.59. The van der Waals surface area contributed by atoms with E-state index in [4.69, 9.17) is 9.47 Å². The molecule has 0 spiro atoms. The van der Waals surface area contributed by atoms with Gasteiger partial charge in [0.2, 0.25) is 5.91 Å². The minimum absolute atomic E-state index is 0.0594. The van der Waals surface area contributed by atoms with Crippen LogP contribution in [0.1, 0.15) is 24.4 Å². The highest BCUT2D eigenvalue weighted by atomic mass is 16.5. The van der Waals surface area contributed by atoms with Crippen molar-refractivity contribution in [2.75, 3.05) is 26.4 Å². The van der Waals surface area contributed by atoms with Gasteiger partial charge in [-0.15, -0.1) is 0 Å². The average molecular weight is 447 g/mol. The van der Waals surface area contributed by atoms with Crippen molar-refractivity contribution >= 4 is 5.91 Å². The molecule has 170 valence electrons. The molecule has 2 fully saturated rings. The molecule has 1 aromatic carbocycles. The highest BCUT2D eigenvalue weighted by Gasteiger charge is 2.44. The molecule has 0 bridgehead atoms. The zero-order valence-corrected chi connectivity index (χ0v) is 18.2. The van der Waals surface area contributed by atoms with Crippen LogP contribution in [0.2, 0.25) is 0 Å². The van der Waals surface area contributed by atoms with E-state index < -0.39 is 11.5 Å². The molecule has 1 N–H and O–H groups in total. The molecule has 2 atom stereocenters. The fourth-order valence-electron chi connectivity index (χ4n) is 4.69. The summed E-state index contributed by atoms with van der Waals surface area (Å²) in [7, 11) is 0. The van der Waals surface area contributed by atoms with E-state index in [1.807, 2.05) is 42.5 Å². The van der Waals surface area contributed by atoms with Crippen LogP contribution in [-0.2, 0) is 19.7 Å². The van der Waals surface area contributed by atoms with Gasteiger partial charge in [0.05, 0.1) is 30.4 Å². The summed E-state index contributed by atoms with van der Waals surface area (Å²) in [5.74, 6) is -0.0594. The van der Waals surface area contributed by atoms with Gasteiger partial charge in [-0.05, 0) is 36.6 Å². The lowest BCUT2D eigenvalue weighted by atomic mass is 9.73. The van der Waals surface area contributed by atoms with Crippen LogP contribution in [0, 0.1) is 0 Å². The summed E-state index contributed by atoms with van der Waals surface area (Å²) in [5, 5.41) is 7.79. The lowest BCUT2D eigenvalue weighted by Gasteiger charge is -2.37. The smallest absolute Gasteiger partial charge is 0.267 e. The second-order valence-electron chi connectivity index (χ2n) is 8.48. The Hall–Kier alpha value is -3.36. The third kappa shape index (κ3) is 4.19. The van der Waals surface area contributed by atoms with Gasteiger partial charge in [0.1, 0.15) is 6.04 Å². The number of carbonyl (C=O) groups is 1. The topological polar surface area (TPSA) is 95.3 Å². The molecule has 2 aliphatic rings. The number of nitrogens with zero attached hydrogens (tertiary/aromatic N) is 3. The van der Waals surface area contributed by atoms with Gasteiger partial charge >= 0.3 is 0 Å². The van der Waals surface area contributed by atoms with Gasteiger partial charge in [0, 0.05) is 37.2 Å². The first-order chi connectivity index (χ1) is 16.2. The number of carbonyl (C=O) groups excluding carboxylic acids is 1. The Labute approximate surface area is 191 Å². The Balaban J connectivity index is 1.42. The van der Waals surface area contributed by atoms with Gasteiger partial charge in [-0.1, -0.05) is 30.3 Å². The number of benzene rings is 1. The van der Waals surface area contributed by atoms with E-state index in [1.54, 1.807) is 18.5 Å². The van der Waals surface area contributed by atoms with Crippen LogP contribution >= 0.6 is 0 Å². The third-order valence-electron chi connectivity index (χ3n) is 6.59. The average Bonchev–Trinajstić information content (AvgIpc) is 3.33. The number of ether oxygens (including phenoxy) is 2. The number of hydrogen-bond donors (Lipinski definition) is 1. The predicted molar refractivity (Wildman–Crippen MR) is 122 cm³/mol. The van der Waals surface area contributed by atoms with E-state index in [0.717, 1.165) is 11.1 Å². The number of aromatic nitrogens is 3. The van der Waals surface area contributed by atoms with Crippen molar-refractivity contribution in [2.24, 2.45) is 0 Å². The first-order valence-corrected chi connectivity index (χ1v) is 11.2. The maximum Gasteiger partial charge on any atom is 0.267 e. The number of amides is 1. The minimum Gasteiger partial charge on any atom is -0.381 e. The zero-order valence-electron chi connectivity index (χ0n) is 18.2. The first kappa shape index (κ1) is 21.5. The van der Waals surface area contributed by atoms with Gasteiger partial charge in [-0.25, -0.2) is 4.68 Å². The lowest BCUT2D eigenvalue weighted by molar-refractivity contribution is -0.131. The standard InChI is InChI=1S/C25H26N4O4/c30-23-7-6-20(18-8-12-26-13-9-18)28-29(23)22-17-33-16-21(22)27-24(31)25(10-14-32-15-11-25)19-4-2-1-3-5-19/h1-9,12-13,21-22H,10-11,14-17H2,(H,27,31). The predicted octanol–water partition coefficient (Wildman–Crippen LogP) is 2.11. The Bertz CT molecular complexity index is 1160. The maximum atomic E-state index is 13.7. The monoisotopic (exact) mass is 446 g/mol. The Morgan fingerprint density at radius 2 is 1.73 bits per heavy atom. The summed E-state index contributed by atoms with van der Waals surface area (Å²) in [5.41, 5.74) is 1.62. The summed E-state index contributed by atoms with van der Waals surface area (Å²) in [6.45, 7) is 1.69. The van der Waals surface area contributed by atoms with Crippen molar-refractivity contribution in [2.45, 2.75) is 30.3 Å². The Morgan fingerprint density at radius 1 is 0.970 bits per heavy atom. The van der Waals surface area contributed by atoms with Gasteiger partial charge < -0.3 is 14.8 Å². The Kier molecular flexibility index (Phi) is 6.02. The van der Waals surface area contributed by atoms with E-state index in [1.165, 1.54) is 10.7 Å². The van der Waals surface area contributed by atoms with Gasteiger partial charge in [0.25, 0.3) is 5.56 Å². The SMILES string of the molecule is O=C(NC1COCC1n1nc(-c2ccncc2)ccc1=O)C1(c2ccccc2)CCOCC1. The molecule has 3 aromatic rings. The van der Waals surface area contributed by atoms with Crippen molar-refractivity contribution in [3.05, 3.63) is 82.9 Å². The Morgan fingerprint density at radius 3 is 2.48 bits per heavy atom. The van der Waals surface area contributed by atoms with E-state index in [2.05, 4.69) is 15.4 Å². The quantitative estimate of drug-likeness (QED) is 0.645. The van der Waals surface area contributed by atoms with E-state index in [0.29, 0.717) is 45.0 Å². The molecule has 1 amide bonds. The summed E-state index contributed by atoms with van der Waals surface area (Å²) in [6, 6.07) is 16.0. The van der Waals surface area contributed by atoms with E-state index >= 15 is 0 Å². The molecule has 2 unspecified atom stereocenters. The molecular formula is C25H26N4O4. The van der Waals surface area contributed by atoms with Crippen molar-refractivity contribution < 1.29 is 14.3 Å². The van der Waals surface area contributed by atoms with Crippen molar-refractivity contribution in [1.29, 1.82) is 0 Å². The van der Waals surface area contributed by atoms with Crippen LogP contribution < -0.4 is 10.9 Å². The molecule has 0 radical (unpaired) electrons. The summed E-state index contributed by atoms with van der Waals surface area (Å²) < 4.78 is 12.7. The van der Waals surface area contributed by atoms with Crippen molar-refractivity contribution in [3.63, 3.8) is 0 Å². The molecule has 2 aliphatic heterocycles. The van der Waals surface area contributed by atoms with Crippen LogP contribution in [0.15, 0.2) is 71.8 Å². The van der Waals surface area contributed by atoms with Crippen LogP contribution in [0.25, 0.3) is 11.3 Å². The van der Waals surface area contributed by atoms with Gasteiger partial charge in [0.15, 0.2) is 0 Å². The van der Waals surface area contributed by atoms with Gasteiger partial charge in [-0.3, -0.25) is 14.6 Å². The van der Waals surface area contributed by atoms with Gasteiger partial charge in [-0.2, -0.15) is 5.10 Å². The molecule has 8 heteroatoms. The zero-order chi connectivity index (χ0) is 22.7. The normalized spacial score (nSPS) is 22.1. The summed E-state index contributed by atoms with van der Waals surface area (Å²) in [6.07, 6.45) is 4.59. The van der Waals surface area contributed by atoms with Crippen LogP contribution in [0.5, 0.6) is 0 Å². The van der Waals surface area contributed by atoms with Crippen LogP contribution in [0.4, 0.5) is 0 Å². The van der Waals surface area contributed by atoms with Crippen molar-refractivity contribution in [3.8, 4) is 11.3 Å². The van der Waals surface area contributed by atoms with E-state index in [9.17, 15) is 9.59 Å². The van der Waals surface area contributed by atoms with E-state index in [-0.39, 0.29) is 17.5 Å². The molecule has 4 heterocycles. The number of pyridine rings is 1. The lowest BCUT2D eigenvalue weighted by Crippen LogP contribution is -2.53. The molecule has 8 nitrogen and oxygen atoms in total. The summed E-state index contributed by atoms with van der Waals surface area (Å²) >= 11 is 0. The molecule has 0 saturated carbocycles. The fraction of sp³-hybridized carbons (Fsp3) is 0.360. The second-order valence-corrected chi connectivity index (χ2v) is 8.48. The number of rotatable bonds is 5. The summed E-state index contributed by atoms with van der Waals surface area (Å²) in [4.78, 5) is 30.4. The maximum absolute atomic E-state index is 13.7. The molecule has 2 aromatic heterocycles. The molecular weight excluding hydrogens is 420 g/mol. The highest BCUT2D eigenvalue weighted by Crippen LogP contribution is 2.35. The molecule has 5 rings (SSSR count). The largest absolute Gasteiger partial charge is 0.381 e. The number of nitrogens with one attached hydrogen (secondary N) is 1. The molecule has 0 aliphatic carbocycles.